The quantitative estimate of drug-likeness (QED) is 0.716. The van der Waals surface area contributed by atoms with E-state index in [4.69, 9.17) is 9.47 Å². The summed E-state index contributed by atoms with van der Waals surface area (Å²) >= 11 is 0. The number of aromatic nitrogens is 1. The van der Waals surface area contributed by atoms with E-state index in [2.05, 4.69) is 10.3 Å². The van der Waals surface area contributed by atoms with E-state index in [1.807, 2.05) is 6.07 Å². The molecular formula is C21H29F2N3O4. The monoisotopic (exact) mass is 425 g/mol. The maximum atomic E-state index is 13.2. The van der Waals surface area contributed by atoms with Gasteiger partial charge in [-0.15, -0.1) is 0 Å². The van der Waals surface area contributed by atoms with Crippen LogP contribution >= 0.6 is 0 Å². The van der Waals surface area contributed by atoms with Crippen LogP contribution in [-0.2, 0) is 20.8 Å². The minimum atomic E-state index is -2.71. The Morgan fingerprint density at radius 1 is 1.30 bits per heavy atom. The Kier molecular flexibility index (Phi) is 6.90. The van der Waals surface area contributed by atoms with Crippen LogP contribution in [0, 0.1) is 5.92 Å². The molecule has 2 aliphatic rings. The van der Waals surface area contributed by atoms with Crippen molar-refractivity contribution in [1.82, 2.24) is 9.88 Å². The minimum Gasteiger partial charge on any atom is -0.444 e. The molecule has 1 aliphatic carbocycles. The topological polar surface area (TPSA) is 80.8 Å². The predicted octanol–water partition coefficient (Wildman–Crippen LogP) is 3.94. The highest BCUT2D eigenvalue weighted by molar-refractivity contribution is 5.93. The number of amides is 2. The van der Waals surface area contributed by atoms with Crippen molar-refractivity contribution in [3.05, 3.63) is 23.4 Å². The van der Waals surface area contributed by atoms with Gasteiger partial charge in [0.1, 0.15) is 11.4 Å². The van der Waals surface area contributed by atoms with Gasteiger partial charge in [0.15, 0.2) is 0 Å². The second-order valence-electron chi connectivity index (χ2n) is 8.81. The molecule has 1 unspecified atom stereocenters. The van der Waals surface area contributed by atoms with Crippen LogP contribution in [0.4, 0.5) is 19.4 Å². The van der Waals surface area contributed by atoms with Crippen molar-refractivity contribution in [2.75, 3.05) is 25.1 Å². The lowest BCUT2D eigenvalue weighted by atomic mass is 9.96. The van der Waals surface area contributed by atoms with Crippen LogP contribution in [0.25, 0.3) is 0 Å². The van der Waals surface area contributed by atoms with Crippen molar-refractivity contribution >= 4 is 17.8 Å². The van der Waals surface area contributed by atoms with E-state index in [-0.39, 0.29) is 24.3 Å². The Labute approximate surface area is 175 Å². The Morgan fingerprint density at radius 2 is 2.03 bits per heavy atom. The van der Waals surface area contributed by atoms with E-state index in [1.54, 1.807) is 26.8 Å². The van der Waals surface area contributed by atoms with Gasteiger partial charge in [-0.1, -0.05) is 6.07 Å². The first-order valence-electron chi connectivity index (χ1n) is 10.3. The second-order valence-corrected chi connectivity index (χ2v) is 8.81. The number of carbonyl (C=O) groups is 2. The summed E-state index contributed by atoms with van der Waals surface area (Å²) in [6.07, 6.45) is -1.04. The normalized spacial score (nSPS) is 19.1. The third-order valence-corrected chi connectivity index (χ3v) is 4.93. The Bertz CT molecular complexity index is 772. The van der Waals surface area contributed by atoms with E-state index in [0.29, 0.717) is 24.7 Å². The van der Waals surface area contributed by atoms with E-state index in [0.717, 1.165) is 29.7 Å². The molecule has 7 nitrogen and oxygen atoms in total. The molecule has 1 saturated carbocycles. The van der Waals surface area contributed by atoms with E-state index in [9.17, 15) is 18.4 Å². The van der Waals surface area contributed by atoms with Crippen LogP contribution in [0.3, 0.4) is 0 Å². The lowest BCUT2D eigenvalue weighted by Gasteiger charge is -2.28. The van der Waals surface area contributed by atoms with Gasteiger partial charge in [-0.2, -0.15) is 0 Å². The average Bonchev–Trinajstić information content (AvgIpc) is 3.35. The number of alkyl halides is 2. The molecule has 1 aromatic heterocycles. The van der Waals surface area contributed by atoms with Crippen LogP contribution in [0.15, 0.2) is 12.1 Å². The summed E-state index contributed by atoms with van der Waals surface area (Å²) in [6, 6.07) is 3.54. The van der Waals surface area contributed by atoms with Crippen molar-refractivity contribution in [3.8, 4) is 0 Å². The van der Waals surface area contributed by atoms with Gasteiger partial charge in [-0.25, -0.2) is 18.6 Å². The zero-order chi connectivity index (χ0) is 21.9. The molecule has 30 heavy (non-hydrogen) atoms. The zero-order valence-corrected chi connectivity index (χ0v) is 17.6. The Hall–Kier alpha value is -2.29. The third kappa shape index (κ3) is 6.35. The highest BCUT2D eigenvalue weighted by Crippen LogP contribution is 2.32. The molecule has 0 radical (unpaired) electrons. The average molecular weight is 425 g/mol. The fourth-order valence-corrected chi connectivity index (χ4v) is 3.31. The number of hydrogen-bond acceptors (Lipinski definition) is 5. The van der Waals surface area contributed by atoms with E-state index >= 15 is 0 Å². The summed E-state index contributed by atoms with van der Waals surface area (Å²) in [7, 11) is 0. The molecule has 3 rings (SSSR count). The number of carbonyl (C=O) groups excluding carboxylic acids is 2. The molecule has 1 atom stereocenters. The number of halogens is 2. The van der Waals surface area contributed by atoms with Crippen LogP contribution < -0.4 is 5.32 Å². The molecule has 9 heteroatoms. The first-order chi connectivity index (χ1) is 14.1. The van der Waals surface area contributed by atoms with Crippen molar-refractivity contribution in [2.24, 2.45) is 5.92 Å². The number of rotatable bonds is 7. The van der Waals surface area contributed by atoms with Crippen LogP contribution in [0.5, 0.6) is 0 Å². The van der Waals surface area contributed by atoms with Gasteiger partial charge < -0.3 is 14.8 Å². The molecule has 2 fully saturated rings. The number of pyridine rings is 1. The summed E-state index contributed by atoms with van der Waals surface area (Å²) in [5.74, 6) is 0.329. The van der Waals surface area contributed by atoms with Crippen molar-refractivity contribution in [3.63, 3.8) is 0 Å². The maximum Gasteiger partial charge on any atom is 0.410 e. The molecule has 1 aromatic rings. The van der Waals surface area contributed by atoms with Gasteiger partial charge in [0.25, 0.3) is 6.43 Å². The molecule has 0 bridgehead atoms. The van der Waals surface area contributed by atoms with Gasteiger partial charge in [0.05, 0.1) is 25.4 Å². The van der Waals surface area contributed by atoms with Gasteiger partial charge in [-0.05, 0) is 51.7 Å². The third-order valence-electron chi connectivity index (χ3n) is 4.93. The number of hydrogen-bond donors (Lipinski definition) is 1. The van der Waals surface area contributed by atoms with Gasteiger partial charge in [0.2, 0.25) is 5.91 Å². The molecular weight excluding hydrogens is 396 g/mol. The zero-order valence-electron chi connectivity index (χ0n) is 17.6. The Morgan fingerprint density at radius 3 is 2.60 bits per heavy atom. The van der Waals surface area contributed by atoms with Crippen molar-refractivity contribution < 1.29 is 27.8 Å². The summed E-state index contributed by atoms with van der Waals surface area (Å²) in [4.78, 5) is 30.1. The fourth-order valence-electron chi connectivity index (χ4n) is 3.31. The number of nitrogens with one attached hydrogen (secondary N) is 1. The van der Waals surface area contributed by atoms with Crippen LogP contribution in [0.2, 0.25) is 0 Å². The molecule has 0 spiro atoms. The fraction of sp³-hybridized carbons (Fsp3) is 0.667. The number of nitrogens with zero attached hydrogens (tertiary/aromatic N) is 2. The summed E-state index contributed by atoms with van der Waals surface area (Å²) in [6.45, 7) is 5.24. The standard InChI is InChI=1S/C21H29F2N3O4/c1-21(2,3)30-20(28)26(11-17(22)23)10-16-15(14-8-9-29-12-14)6-7-18(24-16)25-19(27)13-4-5-13/h6-7,13-14,17H,4-5,8-12H2,1-3H3,(H,24,25,27). The highest BCUT2D eigenvalue weighted by Gasteiger charge is 2.31. The summed E-state index contributed by atoms with van der Waals surface area (Å²) in [5, 5.41) is 2.78. The smallest absolute Gasteiger partial charge is 0.410 e. The number of ether oxygens (including phenoxy) is 2. The molecule has 1 saturated heterocycles. The van der Waals surface area contributed by atoms with Crippen LogP contribution in [-0.4, -0.2) is 53.7 Å². The maximum absolute atomic E-state index is 13.2. The Balaban J connectivity index is 1.85. The molecule has 2 amide bonds. The van der Waals surface area contributed by atoms with E-state index < -0.39 is 24.7 Å². The van der Waals surface area contributed by atoms with Crippen LogP contribution in [0.1, 0.15) is 57.2 Å². The summed E-state index contributed by atoms with van der Waals surface area (Å²) < 4.78 is 37.1. The van der Waals surface area contributed by atoms with Gasteiger partial charge in [-0.3, -0.25) is 9.69 Å². The highest BCUT2D eigenvalue weighted by atomic mass is 19.3. The number of anilines is 1. The molecule has 166 valence electrons. The van der Waals surface area contributed by atoms with Gasteiger partial charge >= 0.3 is 6.09 Å². The molecule has 1 N–H and O–H groups in total. The molecule has 0 aromatic carbocycles. The first-order valence-corrected chi connectivity index (χ1v) is 10.3. The SMILES string of the molecule is CC(C)(C)OC(=O)N(Cc1nc(NC(=O)C2CC2)ccc1C1CCOC1)CC(F)F. The second kappa shape index (κ2) is 9.24. The molecule has 1 aliphatic heterocycles. The van der Waals surface area contributed by atoms with Gasteiger partial charge in [0, 0.05) is 18.4 Å². The van der Waals surface area contributed by atoms with E-state index in [1.165, 1.54) is 0 Å². The lowest BCUT2D eigenvalue weighted by molar-refractivity contribution is -0.117. The molecule has 2 heterocycles. The minimum absolute atomic E-state index is 0.00949. The largest absolute Gasteiger partial charge is 0.444 e. The lowest BCUT2D eigenvalue weighted by Crippen LogP contribution is -2.39. The first kappa shape index (κ1) is 22.4. The predicted molar refractivity (Wildman–Crippen MR) is 106 cm³/mol. The van der Waals surface area contributed by atoms with Crippen molar-refractivity contribution in [2.45, 2.75) is 64.5 Å². The summed E-state index contributed by atoms with van der Waals surface area (Å²) in [5.41, 5.74) is 0.484. The van der Waals surface area contributed by atoms with Crippen molar-refractivity contribution in [1.29, 1.82) is 0 Å².